The SMILES string of the molecule is CC(=O)Nc1ccc(S(=O)(=O)N[C@@H](C)c2ccc3c(c2)CCCC3)cc1. The summed E-state index contributed by atoms with van der Waals surface area (Å²) in [7, 11) is -3.64. The predicted molar refractivity (Wildman–Crippen MR) is 103 cm³/mol. The van der Waals surface area contributed by atoms with Crippen molar-refractivity contribution < 1.29 is 13.2 Å². The maximum atomic E-state index is 12.6. The molecule has 1 atom stereocenters. The Hall–Kier alpha value is -2.18. The van der Waals surface area contributed by atoms with Crippen LogP contribution in [0.2, 0.25) is 0 Å². The zero-order valence-electron chi connectivity index (χ0n) is 15.1. The first-order valence-electron chi connectivity index (χ1n) is 8.87. The highest BCUT2D eigenvalue weighted by Gasteiger charge is 2.19. The number of fused-ring (bicyclic) bond motifs is 1. The van der Waals surface area contributed by atoms with Crippen LogP contribution < -0.4 is 10.0 Å². The first-order chi connectivity index (χ1) is 12.3. The van der Waals surface area contributed by atoms with E-state index in [0.29, 0.717) is 5.69 Å². The van der Waals surface area contributed by atoms with E-state index in [0.717, 1.165) is 18.4 Å². The molecule has 3 rings (SSSR count). The number of hydrogen-bond acceptors (Lipinski definition) is 3. The highest BCUT2D eigenvalue weighted by molar-refractivity contribution is 7.89. The lowest BCUT2D eigenvalue weighted by molar-refractivity contribution is -0.114. The van der Waals surface area contributed by atoms with Gasteiger partial charge in [0.25, 0.3) is 0 Å². The summed E-state index contributed by atoms with van der Waals surface area (Å²) >= 11 is 0. The van der Waals surface area contributed by atoms with Crippen molar-refractivity contribution in [3.8, 4) is 0 Å². The summed E-state index contributed by atoms with van der Waals surface area (Å²) in [6.45, 7) is 3.26. The molecule has 0 bridgehead atoms. The Morgan fingerprint density at radius 2 is 1.65 bits per heavy atom. The van der Waals surface area contributed by atoms with Gasteiger partial charge in [0.1, 0.15) is 0 Å². The molecule has 0 saturated heterocycles. The fraction of sp³-hybridized carbons (Fsp3) is 0.350. The van der Waals surface area contributed by atoms with E-state index >= 15 is 0 Å². The largest absolute Gasteiger partial charge is 0.326 e. The number of rotatable bonds is 5. The average molecular weight is 372 g/mol. The summed E-state index contributed by atoms with van der Waals surface area (Å²) in [5, 5.41) is 2.62. The van der Waals surface area contributed by atoms with Gasteiger partial charge in [-0.15, -0.1) is 0 Å². The highest BCUT2D eigenvalue weighted by Crippen LogP contribution is 2.25. The summed E-state index contributed by atoms with van der Waals surface area (Å²) in [5.74, 6) is -0.195. The van der Waals surface area contributed by atoms with Crippen LogP contribution >= 0.6 is 0 Å². The Labute approximate surface area is 154 Å². The zero-order chi connectivity index (χ0) is 18.7. The number of benzene rings is 2. The number of sulfonamides is 1. The van der Waals surface area contributed by atoms with Crippen LogP contribution in [0.25, 0.3) is 0 Å². The van der Waals surface area contributed by atoms with Crippen LogP contribution in [-0.2, 0) is 27.7 Å². The monoisotopic (exact) mass is 372 g/mol. The summed E-state index contributed by atoms with van der Waals surface area (Å²) in [6.07, 6.45) is 4.59. The van der Waals surface area contributed by atoms with Crippen molar-refractivity contribution in [1.29, 1.82) is 0 Å². The molecule has 0 spiro atoms. The third kappa shape index (κ3) is 4.31. The molecule has 2 aromatic rings. The lowest BCUT2D eigenvalue weighted by Crippen LogP contribution is -2.27. The van der Waals surface area contributed by atoms with E-state index in [-0.39, 0.29) is 16.8 Å². The van der Waals surface area contributed by atoms with Crippen LogP contribution in [0, 0.1) is 0 Å². The predicted octanol–water partition coefficient (Wildman–Crippen LogP) is 3.56. The molecular weight excluding hydrogens is 348 g/mol. The molecular formula is C20H24N2O3S. The lowest BCUT2D eigenvalue weighted by Gasteiger charge is -2.20. The highest BCUT2D eigenvalue weighted by atomic mass is 32.2. The van der Waals surface area contributed by atoms with Gasteiger partial charge >= 0.3 is 0 Å². The van der Waals surface area contributed by atoms with Crippen LogP contribution in [0.3, 0.4) is 0 Å². The standard InChI is InChI=1S/C20H24N2O3S/c1-14(17-8-7-16-5-3-4-6-18(16)13-17)22-26(24,25)20-11-9-19(10-12-20)21-15(2)23/h7-14,22H,3-6H2,1-2H3,(H,21,23)/t14-/m0/s1. The van der Waals surface area contributed by atoms with Gasteiger partial charge in [-0.3, -0.25) is 4.79 Å². The normalized spacial score (nSPS) is 15.2. The van der Waals surface area contributed by atoms with E-state index in [1.165, 1.54) is 43.0 Å². The Balaban J connectivity index is 1.75. The minimum atomic E-state index is -3.64. The first-order valence-corrected chi connectivity index (χ1v) is 10.4. The number of hydrogen-bond donors (Lipinski definition) is 2. The van der Waals surface area contributed by atoms with Gasteiger partial charge in [0.15, 0.2) is 0 Å². The van der Waals surface area contributed by atoms with Crippen LogP contribution in [-0.4, -0.2) is 14.3 Å². The smallest absolute Gasteiger partial charge is 0.241 e. The van der Waals surface area contributed by atoms with E-state index in [1.54, 1.807) is 12.1 Å². The average Bonchev–Trinajstić information content (AvgIpc) is 2.61. The van der Waals surface area contributed by atoms with E-state index in [2.05, 4.69) is 22.2 Å². The second-order valence-electron chi connectivity index (χ2n) is 6.78. The molecule has 0 aliphatic heterocycles. The molecule has 0 heterocycles. The second-order valence-corrected chi connectivity index (χ2v) is 8.50. The molecule has 6 heteroatoms. The van der Waals surface area contributed by atoms with Gasteiger partial charge in [-0.1, -0.05) is 18.2 Å². The second kappa shape index (κ2) is 7.60. The van der Waals surface area contributed by atoms with Crippen LogP contribution in [0.15, 0.2) is 47.4 Å². The Bertz CT molecular complexity index is 905. The molecule has 0 fully saturated rings. The molecule has 1 aliphatic rings. The summed E-state index contributed by atoms with van der Waals surface area (Å²) in [5.41, 5.74) is 4.26. The van der Waals surface area contributed by atoms with E-state index in [1.807, 2.05) is 13.0 Å². The summed E-state index contributed by atoms with van der Waals surface area (Å²) < 4.78 is 28.0. The molecule has 26 heavy (non-hydrogen) atoms. The van der Waals surface area contributed by atoms with Crippen LogP contribution in [0.1, 0.15) is 49.4 Å². The molecule has 0 radical (unpaired) electrons. The van der Waals surface area contributed by atoms with Crippen LogP contribution in [0.4, 0.5) is 5.69 Å². The molecule has 5 nitrogen and oxygen atoms in total. The molecule has 2 aromatic carbocycles. The van der Waals surface area contributed by atoms with Gasteiger partial charge < -0.3 is 5.32 Å². The third-order valence-corrected chi connectivity index (χ3v) is 6.25. The van der Waals surface area contributed by atoms with Crippen molar-refractivity contribution in [3.63, 3.8) is 0 Å². The van der Waals surface area contributed by atoms with Crippen molar-refractivity contribution in [3.05, 3.63) is 59.2 Å². The van der Waals surface area contributed by atoms with Gasteiger partial charge in [-0.25, -0.2) is 13.1 Å². The topological polar surface area (TPSA) is 75.3 Å². The molecule has 1 aliphatic carbocycles. The van der Waals surface area contributed by atoms with Gasteiger partial charge in [-0.2, -0.15) is 0 Å². The van der Waals surface area contributed by atoms with E-state index in [4.69, 9.17) is 0 Å². The number of nitrogens with one attached hydrogen (secondary N) is 2. The summed E-state index contributed by atoms with van der Waals surface area (Å²) in [6, 6.07) is 12.1. The molecule has 1 amide bonds. The Morgan fingerprint density at radius 1 is 1.00 bits per heavy atom. The first kappa shape index (κ1) is 18.6. The minimum absolute atomic E-state index is 0.177. The molecule has 0 aromatic heterocycles. The quantitative estimate of drug-likeness (QED) is 0.843. The Morgan fingerprint density at radius 3 is 2.31 bits per heavy atom. The molecule has 138 valence electrons. The van der Waals surface area contributed by atoms with Gasteiger partial charge in [-0.05, 0) is 73.6 Å². The van der Waals surface area contributed by atoms with Crippen LogP contribution in [0.5, 0.6) is 0 Å². The fourth-order valence-electron chi connectivity index (χ4n) is 3.31. The Kier molecular flexibility index (Phi) is 5.44. The maximum Gasteiger partial charge on any atom is 0.241 e. The van der Waals surface area contributed by atoms with Crippen molar-refractivity contribution in [2.75, 3.05) is 5.32 Å². The molecule has 0 saturated carbocycles. The molecule has 0 unspecified atom stereocenters. The number of carbonyl (C=O) groups is 1. The maximum absolute atomic E-state index is 12.6. The van der Waals surface area contributed by atoms with E-state index in [9.17, 15) is 13.2 Å². The third-order valence-electron chi connectivity index (χ3n) is 4.69. The van der Waals surface area contributed by atoms with Gasteiger partial charge in [0.05, 0.1) is 4.90 Å². The van der Waals surface area contributed by atoms with Crippen molar-refractivity contribution in [2.45, 2.75) is 50.5 Å². The number of carbonyl (C=O) groups excluding carboxylic acids is 1. The number of anilines is 1. The van der Waals surface area contributed by atoms with Crippen molar-refractivity contribution >= 4 is 21.6 Å². The molecule has 2 N–H and O–H groups in total. The van der Waals surface area contributed by atoms with Crippen molar-refractivity contribution in [2.24, 2.45) is 0 Å². The number of aryl methyl sites for hydroxylation is 2. The minimum Gasteiger partial charge on any atom is -0.326 e. The zero-order valence-corrected chi connectivity index (χ0v) is 15.9. The number of amides is 1. The summed E-state index contributed by atoms with van der Waals surface area (Å²) in [4.78, 5) is 11.2. The van der Waals surface area contributed by atoms with Gasteiger partial charge in [0, 0.05) is 18.7 Å². The van der Waals surface area contributed by atoms with Gasteiger partial charge in [0.2, 0.25) is 15.9 Å². The lowest BCUT2D eigenvalue weighted by atomic mass is 9.89. The van der Waals surface area contributed by atoms with E-state index < -0.39 is 10.0 Å². The van der Waals surface area contributed by atoms with Crippen molar-refractivity contribution in [1.82, 2.24) is 4.72 Å². The fourth-order valence-corrected chi connectivity index (χ4v) is 4.54.